The fourth-order valence-electron chi connectivity index (χ4n) is 4.35. The zero-order chi connectivity index (χ0) is 23.8. The average Bonchev–Trinajstić information content (AvgIpc) is 3.41. The zero-order valence-electron chi connectivity index (χ0n) is 18.2. The van der Waals surface area contributed by atoms with Crippen LogP contribution in [0, 0.1) is 5.82 Å². The van der Waals surface area contributed by atoms with Gasteiger partial charge in [0.25, 0.3) is 5.91 Å². The van der Waals surface area contributed by atoms with Crippen molar-refractivity contribution < 1.29 is 17.6 Å². The average molecular weight is 503 g/mol. The molecule has 1 saturated heterocycles. The first-order valence-electron chi connectivity index (χ1n) is 11.0. The van der Waals surface area contributed by atoms with Gasteiger partial charge in [0.15, 0.2) is 14.8 Å². The lowest BCUT2D eigenvalue weighted by atomic mass is 9.66. The molecule has 5 rings (SSSR count). The molecular formula is C22H23FN6O3S2. The molecule has 0 radical (unpaired) electrons. The third kappa shape index (κ3) is 4.64. The van der Waals surface area contributed by atoms with E-state index in [1.54, 1.807) is 29.8 Å². The molecule has 1 saturated carbocycles. The predicted molar refractivity (Wildman–Crippen MR) is 126 cm³/mol. The quantitative estimate of drug-likeness (QED) is 0.505. The molecule has 1 unspecified atom stereocenters. The van der Waals surface area contributed by atoms with Crippen LogP contribution in [0.15, 0.2) is 35.8 Å². The van der Waals surface area contributed by atoms with Gasteiger partial charge in [-0.25, -0.2) is 17.8 Å². The van der Waals surface area contributed by atoms with Gasteiger partial charge in [-0.1, -0.05) is 6.42 Å². The number of nitrogens with one attached hydrogen (secondary N) is 2. The third-order valence-corrected chi connectivity index (χ3v) is 8.98. The monoisotopic (exact) mass is 502 g/mol. The van der Waals surface area contributed by atoms with Crippen LogP contribution in [0.2, 0.25) is 0 Å². The van der Waals surface area contributed by atoms with Crippen LogP contribution in [0.1, 0.15) is 41.2 Å². The van der Waals surface area contributed by atoms with Crippen molar-refractivity contribution in [3.8, 4) is 11.4 Å². The van der Waals surface area contributed by atoms with Crippen molar-refractivity contribution in [2.45, 2.75) is 37.1 Å². The number of halogens is 1. The number of hydrogen-bond donors (Lipinski definition) is 2. The lowest BCUT2D eigenvalue weighted by Gasteiger charge is -2.41. The second-order valence-corrected chi connectivity index (χ2v) is 11.8. The summed E-state index contributed by atoms with van der Waals surface area (Å²) in [6.45, 7) is 0.507. The lowest BCUT2D eigenvalue weighted by Crippen LogP contribution is -2.42. The maximum absolute atomic E-state index is 14.3. The molecule has 0 bridgehead atoms. The number of thiazole rings is 1. The standard InChI is InChI=1S/C22H23FN6O3S2/c23-15-3-1-9-24-19(15)22(7-2-8-22)13-25-18-5-4-16(28-29-18)17-11-33-21(27-17)20(30)26-14-6-10-34(31,32)12-14/h1,3-5,9,11,14H,2,6-8,10,12-13H2,(H,25,29)(H,26,30). The number of hydrogen-bond acceptors (Lipinski definition) is 9. The number of nitrogens with zero attached hydrogens (tertiary/aromatic N) is 4. The van der Waals surface area contributed by atoms with Gasteiger partial charge in [-0.15, -0.1) is 21.5 Å². The number of rotatable bonds is 7. The summed E-state index contributed by atoms with van der Waals surface area (Å²) in [6.07, 6.45) is 4.77. The van der Waals surface area contributed by atoms with Crippen LogP contribution in [-0.2, 0) is 15.3 Å². The molecule has 1 aliphatic carbocycles. The Morgan fingerprint density at radius 2 is 2.06 bits per heavy atom. The summed E-state index contributed by atoms with van der Waals surface area (Å²) in [5.41, 5.74) is 1.17. The first-order chi connectivity index (χ1) is 16.3. The fraction of sp³-hybridized carbons (Fsp3) is 0.409. The maximum atomic E-state index is 14.3. The molecule has 9 nitrogen and oxygen atoms in total. The third-order valence-electron chi connectivity index (χ3n) is 6.37. The topological polar surface area (TPSA) is 127 Å². The molecule has 178 valence electrons. The molecule has 2 N–H and O–H groups in total. The van der Waals surface area contributed by atoms with Gasteiger partial charge in [0.1, 0.15) is 23.0 Å². The zero-order valence-corrected chi connectivity index (χ0v) is 19.8. The minimum Gasteiger partial charge on any atom is -0.368 e. The van der Waals surface area contributed by atoms with E-state index in [1.165, 1.54) is 6.07 Å². The van der Waals surface area contributed by atoms with E-state index in [0.29, 0.717) is 35.9 Å². The summed E-state index contributed by atoms with van der Waals surface area (Å²) < 4.78 is 37.5. The molecule has 3 aromatic rings. The highest BCUT2D eigenvalue weighted by Gasteiger charge is 2.41. The van der Waals surface area contributed by atoms with Crippen molar-refractivity contribution in [3.05, 3.63) is 52.4 Å². The Morgan fingerprint density at radius 1 is 1.21 bits per heavy atom. The summed E-state index contributed by atoms with van der Waals surface area (Å²) in [7, 11) is -3.07. The Labute approximate surface area is 200 Å². The van der Waals surface area contributed by atoms with Gasteiger partial charge < -0.3 is 10.6 Å². The molecule has 1 atom stereocenters. The van der Waals surface area contributed by atoms with Gasteiger partial charge in [0.2, 0.25) is 0 Å². The number of anilines is 1. The Kier molecular flexibility index (Phi) is 6.02. The summed E-state index contributed by atoms with van der Waals surface area (Å²) in [5.74, 6) is -0.0670. The first-order valence-corrected chi connectivity index (χ1v) is 13.7. The molecule has 12 heteroatoms. The fourth-order valence-corrected chi connectivity index (χ4v) is 6.74. The molecule has 0 aromatic carbocycles. The molecular weight excluding hydrogens is 479 g/mol. The van der Waals surface area contributed by atoms with E-state index in [9.17, 15) is 17.6 Å². The molecule has 2 aliphatic rings. The molecule has 0 spiro atoms. The molecule has 2 fully saturated rings. The van der Waals surface area contributed by atoms with Gasteiger partial charge in [-0.05, 0) is 43.5 Å². The Balaban J connectivity index is 1.21. The Hall–Kier alpha value is -2.99. The normalized spacial score (nSPS) is 20.4. The van der Waals surface area contributed by atoms with Gasteiger partial charge in [0.05, 0.1) is 17.2 Å². The molecule has 1 aliphatic heterocycles. The van der Waals surface area contributed by atoms with E-state index in [4.69, 9.17) is 0 Å². The van der Waals surface area contributed by atoms with Crippen LogP contribution in [0.5, 0.6) is 0 Å². The van der Waals surface area contributed by atoms with Crippen molar-refractivity contribution >= 4 is 32.9 Å². The molecule has 4 heterocycles. The van der Waals surface area contributed by atoms with Crippen LogP contribution >= 0.6 is 11.3 Å². The van der Waals surface area contributed by atoms with Crippen molar-refractivity contribution in [2.75, 3.05) is 23.4 Å². The van der Waals surface area contributed by atoms with Crippen molar-refractivity contribution in [2.24, 2.45) is 0 Å². The highest BCUT2D eigenvalue weighted by atomic mass is 32.2. The molecule has 34 heavy (non-hydrogen) atoms. The number of aromatic nitrogens is 4. The van der Waals surface area contributed by atoms with Crippen molar-refractivity contribution in [1.29, 1.82) is 0 Å². The van der Waals surface area contributed by atoms with Crippen LogP contribution in [-0.4, -0.2) is 58.6 Å². The number of carbonyl (C=O) groups is 1. The Bertz CT molecular complexity index is 1310. The second-order valence-electron chi connectivity index (χ2n) is 8.74. The van der Waals surface area contributed by atoms with Crippen LogP contribution < -0.4 is 10.6 Å². The summed E-state index contributed by atoms with van der Waals surface area (Å²) in [5, 5.41) is 16.4. The highest BCUT2D eigenvalue weighted by molar-refractivity contribution is 7.91. The van der Waals surface area contributed by atoms with E-state index in [-0.39, 0.29) is 33.8 Å². The molecule has 1 amide bonds. The molecule has 3 aromatic heterocycles. The van der Waals surface area contributed by atoms with Crippen LogP contribution in [0.4, 0.5) is 10.2 Å². The highest BCUT2D eigenvalue weighted by Crippen LogP contribution is 2.43. The van der Waals surface area contributed by atoms with E-state index in [1.807, 2.05) is 0 Å². The minimum absolute atomic E-state index is 0.0365. The van der Waals surface area contributed by atoms with Crippen molar-refractivity contribution in [1.82, 2.24) is 25.5 Å². The number of sulfone groups is 1. The predicted octanol–water partition coefficient (Wildman–Crippen LogP) is 2.58. The van der Waals surface area contributed by atoms with Gasteiger partial charge in [0, 0.05) is 29.6 Å². The SMILES string of the molecule is O=C(NC1CCS(=O)(=O)C1)c1nc(-c2ccc(NCC3(c4ncccc4F)CCC3)nn2)cs1. The van der Waals surface area contributed by atoms with Gasteiger partial charge in [-0.3, -0.25) is 9.78 Å². The number of amides is 1. The largest absolute Gasteiger partial charge is 0.368 e. The summed E-state index contributed by atoms with van der Waals surface area (Å²) in [6, 6.07) is 6.18. The summed E-state index contributed by atoms with van der Waals surface area (Å²) >= 11 is 1.16. The maximum Gasteiger partial charge on any atom is 0.280 e. The van der Waals surface area contributed by atoms with Crippen LogP contribution in [0.3, 0.4) is 0 Å². The number of pyridine rings is 1. The number of carbonyl (C=O) groups excluding carboxylic acids is 1. The van der Waals surface area contributed by atoms with E-state index in [2.05, 4.69) is 30.8 Å². The lowest BCUT2D eigenvalue weighted by molar-refractivity contribution is 0.0941. The second kappa shape index (κ2) is 8.99. The van der Waals surface area contributed by atoms with Crippen molar-refractivity contribution in [3.63, 3.8) is 0 Å². The van der Waals surface area contributed by atoms with Gasteiger partial charge in [-0.2, -0.15) is 0 Å². The minimum atomic E-state index is -3.07. The summed E-state index contributed by atoms with van der Waals surface area (Å²) in [4.78, 5) is 21.0. The van der Waals surface area contributed by atoms with E-state index >= 15 is 0 Å². The van der Waals surface area contributed by atoms with Crippen LogP contribution in [0.25, 0.3) is 11.4 Å². The van der Waals surface area contributed by atoms with E-state index < -0.39 is 15.7 Å². The first kappa shape index (κ1) is 22.8. The smallest absolute Gasteiger partial charge is 0.280 e. The van der Waals surface area contributed by atoms with Gasteiger partial charge >= 0.3 is 0 Å². The van der Waals surface area contributed by atoms with E-state index in [0.717, 1.165) is 30.6 Å². The Morgan fingerprint density at radius 3 is 2.71 bits per heavy atom.